The van der Waals surface area contributed by atoms with E-state index in [1.807, 2.05) is 16.7 Å². The Morgan fingerprint density at radius 3 is 2.43 bits per heavy atom. The molecule has 6 heteroatoms. The molecule has 4 unspecified atom stereocenters. The van der Waals surface area contributed by atoms with Crippen LogP contribution in [-0.4, -0.2) is 59.7 Å². The number of carbonyl (C=O) groups excluding carboxylic acids is 3. The third kappa shape index (κ3) is 2.96. The van der Waals surface area contributed by atoms with E-state index < -0.39 is 0 Å². The van der Waals surface area contributed by atoms with Crippen molar-refractivity contribution in [2.45, 2.75) is 51.5 Å². The highest BCUT2D eigenvalue weighted by Gasteiger charge is 2.54. The molecule has 5 aliphatic rings. The topological polar surface area (TPSA) is 69.7 Å². The summed E-state index contributed by atoms with van der Waals surface area (Å²) in [5, 5.41) is 3.14. The van der Waals surface area contributed by atoms with Gasteiger partial charge in [-0.15, -0.1) is 0 Å². The highest BCUT2D eigenvalue weighted by Crippen LogP contribution is 2.50. The van der Waals surface area contributed by atoms with Gasteiger partial charge in [-0.3, -0.25) is 14.4 Å². The monoisotopic (exact) mass is 385 g/mol. The molecule has 5 rings (SSSR count). The van der Waals surface area contributed by atoms with Crippen molar-refractivity contribution in [3.63, 3.8) is 0 Å². The highest BCUT2D eigenvalue weighted by molar-refractivity contribution is 5.90. The van der Waals surface area contributed by atoms with Crippen molar-refractivity contribution in [2.24, 2.45) is 29.1 Å². The van der Waals surface area contributed by atoms with Gasteiger partial charge in [0.05, 0.1) is 11.8 Å². The molecule has 0 aromatic rings. The zero-order valence-corrected chi connectivity index (χ0v) is 16.7. The molecule has 1 N–H and O–H groups in total. The standard InChI is InChI=1S/C22H31N3O3/c1-2-24-13-22(12-17(24)26)7-9-25(10-8-22)21(28)19-15-4-3-14(11-15)18(19)20(27)23-16-5-6-16/h3-4,14-16,18-19H,2,5-13H2,1H3,(H,23,27). The molecule has 6 nitrogen and oxygen atoms in total. The van der Waals surface area contributed by atoms with Crippen LogP contribution in [0.4, 0.5) is 0 Å². The zero-order chi connectivity index (χ0) is 19.5. The maximum absolute atomic E-state index is 13.4. The van der Waals surface area contributed by atoms with E-state index >= 15 is 0 Å². The van der Waals surface area contributed by atoms with E-state index in [4.69, 9.17) is 0 Å². The molecule has 0 aromatic carbocycles. The van der Waals surface area contributed by atoms with E-state index in [0.29, 0.717) is 12.5 Å². The van der Waals surface area contributed by atoms with Gasteiger partial charge in [0.25, 0.3) is 0 Å². The van der Waals surface area contributed by atoms with Gasteiger partial charge in [0, 0.05) is 44.1 Å². The van der Waals surface area contributed by atoms with Crippen LogP contribution >= 0.6 is 0 Å². The van der Waals surface area contributed by atoms with Crippen molar-refractivity contribution in [1.29, 1.82) is 0 Å². The van der Waals surface area contributed by atoms with E-state index in [1.165, 1.54) is 0 Å². The Morgan fingerprint density at radius 1 is 1.14 bits per heavy atom. The predicted octanol–water partition coefficient (Wildman–Crippen LogP) is 1.56. The fraction of sp³-hybridized carbons (Fsp3) is 0.773. The Bertz CT molecular complexity index is 721. The van der Waals surface area contributed by atoms with Gasteiger partial charge in [-0.05, 0) is 50.9 Å². The molecule has 152 valence electrons. The van der Waals surface area contributed by atoms with E-state index in [1.54, 1.807) is 0 Å². The normalized spacial score (nSPS) is 35.8. The zero-order valence-electron chi connectivity index (χ0n) is 16.7. The molecule has 3 amide bonds. The van der Waals surface area contributed by atoms with Crippen molar-refractivity contribution in [2.75, 3.05) is 26.2 Å². The first-order valence-electron chi connectivity index (χ1n) is 11.0. The van der Waals surface area contributed by atoms with Crippen molar-refractivity contribution < 1.29 is 14.4 Å². The molecule has 4 fully saturated rings. The lowest BCUT2D eigenvalue weighted by atomic mass is 9.76. The van der Waals surface area contributed by atoms with E-state index in [2.05, 4.69) is 17.5 Å². The summed E-state index contributed by atoms with van der Waals surface area (Å²) in [4.78, 5) is 42.4. The minimum atomic E-state index is -0.194. The molecule has 1 spiro atoms. The molecular formula is C22H31N3O3. The molecule has 2 bridgehead atoms. The number of fused-ring (bicyclic) bond motifs is 2. The van der Waals surface area contributed by atoms with Crippen LogP contribution in [0.1, 0.15) is 45.4 Å². The van der Waals surface area contributed by atoms with Crippen LogP contribution in [0.2, 0.25) is 0 Å². The Kier molecular flexibility index (Phi) is 4.29. The van der Waals surface area contributed by atoms with Crippen LogP contribution < -0.4 is 5.32 Å². The van der Waals surface area contributed by atoms with Crippen molar-refractivity contribution in [3.8, 4) is 0 Å². The lowest BCUT2D eigenvalue weighted by Gasteiger charge is -2.41. The van der Waals surface area contributed by atoms with Gasteiger partial charge < -0.3 is 15.1 Å². The third-order valence-electron chi connectivity index (χ3n) is 7.89. The van der Waals surface area contributed by atoms with Gasteiger partial charge in [0.2, 0.25) is 17.7 Å². The Labute approximate surface area is 166 Å². The molecule has 2 aliphatic heterocycles. The van der Waals surface area contributed by atoms with Gasteiger partial charge >= 0.3 is 0 Å². The number of hydrogen-bond acceptors (Lipinski definition) is 3. The van der Waals surface area contributed by atoms with Gasteiger partial charge in [0.15, 0.2) is 0 Å². The average Bonchev–Trinajstić information content (AvgIpc) is 3.13. The van der Waals surface area contributed by atoms with Gasteiger partial charge in [0.1, 0.15) is 0 Å². The second-order valence-corrected chi connectivity index (χ2v) is 9.69. The summed E-state index contributed by atoms with van der Waals surface area (Å²) >= 11 is 0. The third-order valence-corrected chi connectivity index (χ3v) is 7.89. The quantitative estimate of drug-likeness (QED) is 0.747. The first-order valence-corrected chi connectivity index (χ1v) is 11.0. The molecule has 2 saturated carbocycles. The summed E-state index contributed by atoms with van der Waals surface area (Å²) in [6.07, 6.45) is 9.83. The fourth-order valence-electron chi connectivity index (χ4n) is 6.06. The van der Waals surface area contributed by atoms with Crippen LogP contribution in [0.25, 0.3) is 0 Å². The Hall–Kier alpha value is -1.85. The largest absolute Gasteiger partial charge is 0.353 e. The number of carbonyl (C=O) groups is 3. The van der Waals surface area contributed by atoms with Gasteiger partial charge in [-0.2, -0.15) is 0 Å². The van der Waals surface area contributed by atoms with Crippen molar-refractivity contribution >= 4 is 17.7 Å². The summed E-state index contributed by atoms with van der Waals surface area (Å²) in [5.74, 6) is 0.567. The number of amides is 3. The van der Waals surface area contributed by atoms with Gasteiger partial charge in [-0.25, -0.2) is 0 Å². The number of hydrogen-bond donors (Lipinski definition) is 1. The average molecular weight is 386 g/mol. The second kappa shape index (κ2) is 6.60. The summed E-state index contributed by atoms with van der Waals surface area (Å²) in [5.41, 5.74) is 0.0568. The molecule has 4 atom stereocenters. The SMILES string of the molecule is CCN1CC2(CCN(C(=O)C3C4C=CC(C4)C3C(=O)NC3CC3)CC2)CC1=O. The molecule has 0 radical (unpaired) electrons. The molecule has 3 aliphatic carbocycles. The van der Waals surface area contributed by atoms with Crippen molar-refractivity contribution in [3.05, 3.63) is 12.2 Å². The van der Waals surface area contributed by atoms with Crippen LogP contribution in [0.5, 0.6) is 0 Å². The molecule has 28 heavy (non-hydrogen) atoms. The summed E-state index contributed by atoms with van der Waals surface area (Å²) < 4.78 is 0. The minimum Gasteiger partial charge on any atom is -0.353 e. The maximum Gasteiger partial charge on any atom is 0.227 e. The fourth-order valence-corrected chi connectivity index (χ4v) is 6.06. The van der Waals surface area contributed by atoms with Crippen LogP contribution in [0, 0.1) is 29.1 Å². The molecule has 0 aromatic heterocycles. The van der Waals surface area contributed by atoms with E-state index in [-0.39, 0.29) is 46.8 Å². The van der Waals surface area contributed by atoms with Crippen LogP contribution in [0.3, 0.4) is 0 Å². The maximum atomic E-state index is 13.4. The van der Waals surface area contributed by atoms with Crippen molar-refractivity contribution in [1.82, 2.24) is 15.1 Å². The van der Waals surface area contributed by atoms with Gasteiger partial charge in [-0.1, -0.05) is 12.2 Å². The summed E-state index contributed by atoms with van der Waals surface area (Å²) in [6.45, 7) is 5.09. The number of likely N-dealkylation sites (tertiary alicyclic amines) is 2. The molecule has 2 saturated heterocycles. The summed E-state index contributed by atoms with van der Waals surface area (Å²) in [6, 6.07) is 0.336. The van der Waals surface area contributed by atoms with Crippen LogP contribution in [-0.2, 0) is 14.4 Å². The smallest absolute Gasteiger partial charge is 0.227 e. The summed E-state index contributed by atoms with van der Waals surface area (Å²) in [7, 11) is 0. The number of nitrogens with zero attached hydrogens (tertiary/aromatic N) is 2. The first-order chi connectivity index (χ1) is 13.5. The Balaban J connectivity index is 1.25. The second-order valence-electron chi connectivity index (χ2n) is 9.69. The minimum absolute atomic E-state index is 0.0568. The van der Waals surface area contributed by atoms with E-state index in [9.17, 15) is 14.4 Å². The highest BCUT2D eigenvalue weighted by atomic mass is 16.2. The lowest BCUT2D eigenvalue weighted by molar-refractivity contribution is -0.144. The Morgan fingerprint density at radius 2 is 1.82 bits per heavy atom. The molecule has 2 heterocycles. The van der Waals surface area contributed by atoms with Crippen LogP contribution in [0.15, 0.2) is 12.2 Å². The molecular weight excluding hydrogens is 354 g/mol. The number of piperidine rings is 1. The number of allylic oxidation sites excluding steroid dienone is 2. The first kappa shape index (κ1) is 18.2. The number of nitrogens with one attached hydrogen (secondary N) is 1. The predicted molar refractivity (Wildman–Crippen MR) is 104 cm³/mol. The number of rotatable bonds is 4. The van der Waals surface area contributed by atoms with E-state index in [0.717, 1.165) is 58.3 Å². The lowest BCUT2D eigenvalue weighted by Crippen LogP contribution is -2.50.